The van der Waals surface area contributed by atoms with E-state index in [1.165, 1.54) is 19.3 Å². The maximum atomic E-state index is 12.4. The van der Waals surface area contributed by atoms with Crippen molar-refractivity contribution in [1.82, 2.24) is 10.2 Å². The molecule has 3 aliphatic rings. The first kappa shape index (κ1) is 17.0. The summed E-state index contributed by atoms with van der Waals surface area (Å²) in [5.41, 5.74) is 0. The van der Waals surface area contributed by atoms with Gasteiger partial charge in [0.2, 0.25) is 0 Å². The number of nitrogens with zero attached hydrogens (tertiary/aromatic N) is 1. The number of carbonyl (C=O) groups is 1. The number of amides is 2. The van der Waals surface area contributed by atoms with E-state index >= 15 is 0 Å². The lowest BCUT2D eigenvalue weighted by molar-refractivity contribution is 0.0775. The van der Waals surface area contributed by atoms with Crippen molar-refractivity contribution in [3.63, 3.8) is 0 Å². The smallest absolute Gasteiger partial charge is 0.317 e. The number of sulfone groups is 1. The van der Waals surface area contributed by atoms with E-state index in [1.807, 2.05) is 4.90 Å². The Morgan fingerprint density at radius 1 is 1.13 bits per heavy atom. The van der Waals surface area contributed by atoms with Crippen molar-refractivity contribution >= 4 is 15.9 Å². The molecular formula is C16H28N2O4S. The Balaban J connectivity index is 1.45. The number of rotatable bonds is 3. The van der Waals surface area contributed by atoms with Gasteiger partial charge in [-0.25, -0.2) is 13.2 Å². The molecule has 2 aliphatic heterocycles. The molecule has 0 radical (unpaired) electrons. The lowest BCUT2D eigenvalue weighted by atomic mass is 9.76. The van der Waals surface area contributed by atoms with Gasteiger partial charge >= 0.3 is 6.03 Å². The lowest BCUT2D eigenvalue weighted by Crippen LogP contribution is -2.46. The van der Waals surface area contributed by atoms with Gasteiger partial charge in [0.05, 0.1) is 24.7 Å². The highest BCUT2D eigenvalue weighted by Crippen LogP contribution is 2.34. The van der Waals surface area contributed by atoms with E-state index in [-0.39, 0.29) is 23.5 Å². The Kier molecular flexibility index (Phi) is 5.46. The average Bonchev–Trinajstić information content (AvgIpc) is 2.70. The third kappa shape index (κ3) is 4.59. The summed E-state index contributed by atoms with van der Waals surface area (Å²) in [4.78, 5) is 14.3. The lowest BCUT2D eigenvalue weighted by Gasteiger charge is -2.35. The van der Waals surface area contributed by atoms with E-state index in [9.17, 15) is 13.2 Å². The summed E-state index contributed by atoms with van der Waals surface area (Å²) < 4.78 is 28.6. The molecule has 0 bridgehead atoms. The van der Waals surface area contributed by atoms with Crippen LogP contribution in [0.5, 0.6) is 0 Å². The Hall–Kier alpha value is -0.820. The standard InChI is InChI=1S/C16H28N2O4S/c19-16(17-10-13-4-8-23(20,21)9-5-13)18-6-7-22-12-15(11-18)14-2-1-3-14/h13-15H,1-12H2,(H,17,19). The van der Waals surface area contributed by atoms with Crippen LogP contribution in [0.25, 0.3) is 0 Å². The molecule has 1 atom stereocenters. The predicted molar refractivity (Wildman–Crippen MR) is 88.0 cm³/mol. The summed E-state index contributed by atoms with van der Waals surface area (Å²) in [5.74, 6) is 1.99. The summed E-state index contributed by atoms with van der Waals surface area (Å²) in [5, 5.41) is 3.01. The molecule has 1 unspecified atom stereocenters. The molecule has 2 heterocycles. The topological polar surface area (TPSA) is 75.7 Å². The number of urea groups is 1. The molecule has 3 rings (SSSR count). The second kappa shape index (κ2) is 7.38. The summed E-state index contributed by atoms with van der Waals surface area (Å²) >= 11 is 0. The number of nitrogens with one attached hydrogen (secondary N) is 1. The van der Waals surface area contributed by atoms with Gasteiger partial charge in [0.1, 0.15) is 9.84 Å². The summed E-state index contributed by atoms with van der Waals surface area (Å²) in [6, 6.07) is -0.0201. The third-order valence-electron chi connectivity index (χ3n) is 5.61. The molecule has 1 N–H and O–H groups in total. The summed E-state index contributed by atoms with van der Waals surface area (Å²) in [6.45, 7) is 3.40. The number of hydrogen-bond acceptors (Lipinski definition) is 4. The molecule has 6 nitrogen and oxygen atoms in total. The molecule has 1 aliphatic carbocycles. The minimum absolute atomic E-state index is 0.0201. The maximum Gasteiger partial charge on any atom is 0.317 e. The Labute approximate surface area is 138 Å². The van der Waals surface area contributed by atoms with Crippen molar-refractivity contribution in [3.8, 4) is 0 Å². The van der Waals surface area contributed by atoms with Gasteiger partial charge in [-0.05, 0) is 24.7 Å². The molecule has 0 spiro atoms. The summed E-state index contributed by atoms with van der Waals surface area (Å²) in [6.07, 6.45) is 5.16. The van der Waals surface area contributed by atoms with Crippen LogP contribution in [-0.2, 0) is 14.6 Å². The van der Waals surface area contributed by atoms with Crippen LogP contribution in [0.1, 0.15) is 32.1 Å². The van der Waals surface area contributed by atoms with E-state index in [1.54, 1.807) is 0 Å². The van der Waals surface area contributed by atoms with E-state index in [0.29, 0.717) is 44.4 Å². The van der Waals surface area contributed by atoms with Crippen LogP contribution in [0.15, 0.2) is 0 Å². The van der Waals surface area contributed by atoms with Crippen LogP contribution >= 0.6 is 0 Å². The average molecular weight is 344 g/mol. The van der Waals surface area contributed by atoms with E-state index in [2.05, 4.69) is 5.32 Å². The van der Waals surface area contributed by atoms with Crippen molar-refractivity contribution in [2.24, 2.45) is 17.8 Å². The van der Waals surface area contributed by atoms with Crippen LogP contribution in [0.4, 0.5) is 4.79 Å². The van der Waals surface area contributed by atoms with Gasteiger partial charge in [-0.15, -0.1) is 0 Å². The predicted octanol–water partition coefficient (Wildman–Crippen LogP) is 1.27. The fourth-order valence-electron chi connectivity index (χ4n) is 3.70. The van der Waals surface area contributed by atoms with E-state index in [4.69, 9.17) is 4.74 Å². The summed E-state index contributed by atoms with van der Waals surface area (Å²) in [7, 11) is -2.83. The van der Waals surface area contributed by atoms with Crippen LogP contribution in [0.3, 0.4) is 0 Å². The molecule has 0 aromatic carbocycles. The zero-order valence-electron chi connectivity index (χ0n) is 13.7. The van der Waals surface area contributed by atoms with Crippen LogP contribution in [-0.4, -0.2) is 63.7 Å². The fourth-order valence-corrected chi connectivity index (χ4v) is 5.29. The van der Waals surface area contributed by atoms with Gasteiger partial charge in [0, 0.05) is 25.6 Å². The first-order valence-corrected chi connectivity index (χ1v) is 10.7. The number of ether oxygens (including phenoxy) is 1. The van der Waals surface area contributed by atoms with Crippen LogP contribution in [0, 0.1) is 17.8 Å². The number of hydrogen-bond donors (Lipinski definition) is 1. The normalized spacial score (nSPS) is 29.6. The molecule has 3 fully saturated rings. The molecular weight excluding hydrogens is 316 g/mol. The quantitative estimate of drug-likeness (QED) is 0.836. The van der Waals surface area contributed by atoms with Crippen LogP contribution in [0.2, 0.25) is 0 Å². The SMILES string of the molecule is O=C(NCC1CCS(=O)(=O)CC1)N1CCOCC(C2CCC2)C1. The van der Waals surface area contributed by atoms with Gasteiger partial charge in [-0.1, -0.05) is 19.3 Å². The molecule has 0 aromatic heterocycles. The zero-order chi connectivity index (χ0) is 16.3. The van der Waals surface area contributed by atoms with Crippen molar-refractivity contribution < 1.29 is 17.9 Å². The first-order valence-electron chi connectivity index (χ1n) is 8.84. The molecule has 2 saturated heterocycles. The highest BCUT2D eigenvalue weighted by Gasteiger charge is 2.32. The van der Waals surface area contributed by atoms with E-state index < -0.39 is 9.84 Å². The van der Waals surface area contributed by atoms with Crippen molar-refractivity contribution in [3.05, 3.63) is 0 Å². The maximum absolute atomic E-state index is 12.4. The molecule has 0 aromatic rings. The molecule has 23 heavy (non-hydrogen) atoms. The highest BCUT2D eigenvalue weighted by atomic mass is 32.2. The fraction of sp³-hybridized carbons (Fsp3) is 0.938. The second-order valence-corrected chi connectivity index (χ2v) is 9.56. The van der Waals surface area contributed by atoms with E-state index in [0.717, 1.165) is 13.2 Å². The number of carbonyl (C=O) groups excluding carboxylic acids is 1. The highest BCUT2D eigenvalue weighted by molar-refractivity contribution is 7.91. The van der Waals surface area contributed by atoms with Crippen molar-refractivity contribution in [2.45, 2.75) is 32.1 Å². The molecule has 2 amide bonds. The van der Waals surface area contributed by atoms with Crippen molar-refractivity contribution in [1.29, 1.82) is 0 Å². The second-order valence-electron chi connectivity index (χ2n) is 7.25. The largest absolute Gasteiger partial charge is 0.379 e. The molecule has 7 heteroatoms. The minimum atomic E-state index is -2.83. The van der Waals surface area contributed by atoms with Crippen molar-refractivity contribution in [2.75, 3.05) is 44.4 Å². The zero-order valence-corrected chi connectivity index (χ0v) is 14.5. The van der Waals surface area contributed by atoms with Crippen LogP contribution < -0.4 is 5.32 Å². The monoisotopic (exact) mass is 344 g/mol. The van der Waals surface area contributed by atoms with Gasteiger partial charge in [0.25, 0.3) is 0 Å². The molecule has 132 valence electrons. The van der Waals surface area contributed by atoms with Gasteiger partial charge < -0.3 is 15.0 Å². The van der Waals surface area contributed by atoms with Gasteiger partial charge in [-0.3, -0.25) is 0 Å². The van der Waals surface area contributed by atoms with Gasteiger partial charge in [0.15, 0.2) is 0 Å². The third-order valence-corrected chi connectivity index (χ3v) is 7.33. The Morgan fingerprint density at radius 2 is 1.87 bits per heavy atom. The first-order chi connectivity index (χ1) is 11.0. The van der Waals surface area contributed by atoms with Gasteiger partial charge in [-0.2, -0.15) is 0 Å². The Bertz CT molecular complexity index is 504. The minimum Gasteiger partial charge on any atom is -0.379 e. The Morgan fingerprint density at radius 3 is 2.52 bits per heavy atom. The molecule has 1 saturated carbocycles.